The minimum Gasteiger partial charge on any atom is -0.364 e. The number of hydrogen-bond acceptors (Lipinski definition) is 4. The summed E-state index contributed by atoms with van der Waals surface area (Å²) >= 11 is 0. The van der Waals surface area contributed by atoms with Crippen LogP contribution in [-0.2, 0) is 6.54 Å². The molecule has 0 amide bonds. The average Bonchev–Trinajstić information content (AvgIpc) is 2.56. The van der Waals surface area contributed by atoms with Gasteiger partial charge in [0.25, 0.3) is 0 Å². The van der Waals surface area contributed by atoms with Crippen LogP contribution in [0.1, 0.15) is 19.4 Å². The number of nitrogens with zero attached hydrogens (tertiary/aromatic N) is 2. The van der Waals surface area contributed by atoms with Gasteiger partial charge in [-0.15, -0.1) is 0 Å². The van der Waals surface area contributed by atoms with Gasteiger partial charge in [-0.2, -0.15) is 0 Å². The van der Waals surface area contributed by atoms with Crippen LogP contribution in [0.3, 0.4) is 0 Å². The molecule has 1 aromatic rings. The molecule has 0 aliphatic carbocycles. The Morgan fingerprint density at radius 2 is 2.21 bits per heavy atom. The molecule has 1 aromatic heterocycles. The highest BCUT2D eigenvalue weighted by atomic mass is 16.5. The monoisotopic (exact) mass is 197 g/mol. The lowest BCUT2D eigenvalue weighted by atomic mass is 10.0. The Morgan fingerprint density at radius 1 is 1.50 bits per heavy atom. The van der Waals surface area contributed by atoms with E-state index in [1.54, 1.807) is 12.5 Å². The van der Waals surface area contributed by atoms with Gasteiger partial charge in [-0.1, -0.05) is 5.16 Å². The molecule has 0 saturated heterocycles. The van der Waals surface area contributed by atoms with Gasteiger partial charge in [-0.3, -0.25) is 0 Å². The van der Waals surface area contributed by atoms with Crippen LogP contribution in [0.15, 0.2) is 17.0 Å². The maximum atomic E-state index is 4.74. The Morgan fingerprint density at radius 3 is 2.71 bits per heavy atom. The maximum Gasteiger partial charge on any atom is 0.128 e. The zero-order valence-corrected chi connectivity index (χ0v) is 9.37. The summed E-state index contributed by atoms with van der Waals surface area (Å²) in [5.41, 5.74) is 1.25. The zero-order chi connectivity index (χ0) is 10.6. The first kappa shape index (κ1) is 11.2. The third kappa shape index (κ3) is 3.12. The Labute approximate surface area is 85.3 Å². The topological polar surface area (TPSA) is 41.3 Å². The molecule has 0 atom stereocenters. The van der Waals surface area contributed by atoms with Crippen molar-refractivity contribution in [2.75, 3.05) is 20.6 Å². The van der Waals surface area contributed by atoms with E-state index in [9.17, 15) is 0 Å². The SMILES string of the molecule is CN(C)C(C)(C)CNCc1cnoc1. The first-order valence-electron chi connectivity index (χ1n) is 4.79. The molecular weight excluding hydrogens is 178 g/mol. The second-order valence-electron chi connectivity index (χ2n) is 4.34. The normalized spacial score (nSPS) is 12.4. The molecule has 4 heteroatoms. The third-order valence-corrected chi connectivity index (χ3v) is 2.58. The zero-order valence-electron chi connectivity index (χ0n) is 9.37. The van der Waals surface area contributed by atoms with Gasteiger partial charge in [0.15, 0.2) is 0 Å². The van der Waals surface area contributed by atoms with E-state index in [4.69, 9.17) is 4.52 Å². The molecule has 0 fully saturated rings. The van der Waals surface area contributed by atoms with Crippen molar-refractivity contribution >= 4 is 0 Å². The van der Waals surface area contributed by atoms with E-state index in [2.05, 4.69) is 43.3 Å². The first-order chi connectivity index (χ1) is 6.52. The van der Waals surface area contributed by atoms with Crippen molar-refractivity contribution in [3.05, 3.63) is 18.0 Å². The van der Waals surface area contributed by atoms with E-state index >= 15 is 0 Å². The van der Waals surface area contributed by atoms with Crippen LogP contribution in [0.4, 0.5) is 0 Å². The molecular formula is C10H19N3O. The van der Waals surface area contributed by atoms with Crippen molar-refractivity contribution < 1.29 is 4.52 Å². The Balaban J connectivity index is 2.28. The average molecular weight is 197 g/mol. The summed E-state index contributed by atoms with van der Waals surface area (Å²) in [6, 6.07) is 0. The van der Waals surface area contributed by atoms with Gasteiger partial charge in [-0.05, 0) is 27.9 Å². The Kier molecular flexibility index (Phi) is 3.66. The molecule has 0 bridgehead atoms. The van der Waals surface area contributed by atoms with Crippen LogP contribution in [0.25, 0.3) is 0 Å². The van der Waals surface area contributed by atoms with Gasteiger partial charge in [0.1, 0.15) is 6.26 Å². The molecule has 1 rings (SSSR count). The lowest BCUT2D eigenvalue weighted by Gasteiger charge is -2.32. The van der Waals surface area contributed by atoms with Crippen molar-refractivity contribution in [3.63, 3.8) is 0 Å². The van der Waals surface area contributed by atoms with E-state index in [0.717, 1.165) is 18.7 Å². The molecule has 0 radical (unpaired) electrons. The van der Waals surface area contributed by atoms with Crippen molar-refractivity contribution in [1.29, 1.82) is 0 Å². The molecule has 0 saturated carbocycles. The highest BCUT2D eigenvalue weighted by molar-refractivity contribution is 4.99. The number of hydrogen-bond donors (Lipinski definition) is 1. The van der Waals surface area contributed by atoms with Crippen LogP contribution >= 0.6 is 0 Å². The quantitative estimate of drug-likeness (QED) is 0.767. The largest absolute Gasteiger partial charge is 0.364 e. The van der Waals surface area contributed by atoms with Gasteiger partial charge < -0.3 is 14.7 Å². The molecule has 80 valence electrons. The number of nitrogens with one attached hydrogen (secondary N) is 1. The standard InChI is InChI=1S/C10H19N3O/c1-10(2,13(3)4)8-11-5-9-6-12-14-7-9/h6-7,11H,5,8H2,1-4H3. The van der Waals surface area contributed by atoms with Crippen molar-refractivity contribution in [1.82, 2.24) is 15.4 Å². The molecule has 0 aromatic carbocycles. The highest BCUT2D eigenvalue weighted by Gasteiger charge is 2.19. The highest BCUT2D eigenvalue weighted by Crippen LogP contribution is 2.08. The van der Waals surface area contributed by atoms with Crippen molar-refractivity contribution in [3.8, 4) is 0 Å². The molecule has 4 nitrogen and oxygen atoms in total. The summed E-state index contributed by atoms with van der Waals surface area (Å²) in [5, 5.41) is 7.01. The van der Waals surface area contributed by atoms with Gasteiger partial charge in [0, 0.05) is 24.2 Å². The van der Waals surface area contributed by atoms with Crippen molar-refractivity contribution in [2.24, 2.45) is 0 Å². The van der Waals surface area contributed by atoms with Gasteiger partial charge in [0.2, 0.25) is 0 Å². The number of likely N-dealkylation sites (N-methyl/N-ethyl adjacent to an activating group) is 1. The summed E-state index contributed by atoms with van der Waals surface area (Å²) in [6.07, 6.45) is 3.39. The Bertz CT molecular complexity index is 254. The number of aromatic nitrogens is 1. The summed E-state index contributed by atoms with van der Waals surface area (Å²) in [4.78, 5) is 2.20. The second kappa shape index (κ2) is 4.57. The van der Waals surface area contributed by atoms with Crippen molar-refractivity contribution in [2.45, 2.75) is 25.9 Å². The molecule has 1 heterocycles. The van der Waals surface area contributed by atoms with Crippen LogP contribution in [-0.4, -0.2) is 36.2 Å². The number of rotatable bonds is 5. The lowest BCUT2D eigenvalue weighted by Crippen LogP contribution is -2.46. The van der Waals surface area contributed by atoms with Gasteiger partial charge >= 0.3 is 0 Å². The maximum absolute atomic E-state index is 4.74. The van der Waals surface area contributed by atoms with Crippen LogP contribution in [0.5, 0.6) is 0 Å². The van der Waals surface area contributed by atoms with E-state index in [-0.39, 0.29) is 5.54 Å². The summed E-state index contributed by atoms with van der Waals surface area (Å²) in [7, 11) is 4.17. The summed E-state index contributed by atoms with van der Waals surface area (Å²) in [6.45, 7) is 6.15. The molecule has 1 N–H and O–H groups in total. The fraction of sp³-hybridized carbons (Fsp3) is 0.700. The summed E-state index contributed by atoms with van der Waals surface area (Å²) in [5.74, 6) is 0. The predicted octanol–water partition coefficient (Wildman–Crippen LogP) is 1.10. The molecule has 0 spiro atoms. The van der Waals surface area contributed by atoms with E-state index in [1.165, 1.54) is 0 Å². The lowest BCUT2D eigenvalue weighted by molar-refractivity contribution is 0.189. The smallest absolute Gasteiger partial charge is 0.128 e. The van der Waals surface area contributed by atoms with Gasteiger partial charge in [0.05, 0.1) is 6.20 Å². The molecule has 0 aliphatic heterocycles. The van der Waals surface area contributed by atoms with Crippen LogP contribution in [0, 0.1) is 0 Å². The molecule has 14 heavy (non-hydrogen) atoms. The van der Waals surface area contributed by atoms with Crippen LogP contribution in [0.2, 0.25) is 0 Å². The third-order valence-electron chi connectivity index (χ3n) is 2.58. The van der Waals surface area contributed by atoms with E-state index < -0.39 is 0 Å². The summed E-state index contributed by atoms with van der Waals surface area (Å²) < 4.78 is 4.74. The second-order valence-corrected chi connectivity index (χ2v) is 4.34. The van der Waals surface area contributed by atoms with E-state index in [0.29, 0.717) is 0 Å². The molecule has 0 aliphatic rings. The fourth-order valence-corrected chi connectivity index (χ4v) is 0.985. The van der Waals surface area contributed by atoms with Crippen LogP contribution < -0.4 is 5.32 Å². The molecule has 0 unspecified atom stereocenters. The fourth-order valence-electron chi connectivity index (χ4n) is 0.985. The minimum atomic E-state index is 0.164. The van der Waals surface area contributed by atoms with Gasteiger partial charge in [-0.25, -0.2) is 0 Å². The Hall–Kier alpha value is -0.870. The predicted molar refractivity (Wildman–Crippen MR) is 56.0 cm³/mol. The van der Waals surface area contributed by atoms with E-state index in [1.807, 2.05) is 0 Å². The first-order valence-corrected chi connectivity index (χ1v) is 4.79. The minimum absolute atomic E-state index is 0.164.